The van der Waals surface area contributed by atoms with E-state index >= 15 is 0 Å². The van der Waals surface area contributed by atoms with E-state index in [1.807, 2.05) is 0 Å². The molecular weight excluding hydrogens is 233 g/mol. The maximum Gasteiger partial charge on any atom is 0.127 e. The fourth-order valence-corrected chi connectivity index (χ4v) is 2.19. The Morgan fingerprint density at radius 3 is 3.00 bits per heavy atom. The Kier molecular flexibility index (Phi) is 4.96. The molecule has 1 aromatic carbocycles. The van der Waals surface area contributed by atoms with E-state index < -0.39 is 0 Å². The van der Waals surface area contributed by atoms with Crippen LogP contribution in [0.2, 0.25) is 0 Å². The van der Waals surface area contributed by atoms with Gasteiger partial charge < -0.3 is 15.2 Å². The highest BCUT2D eigenvalue weighted by atomic mass is 19.1. The van der Waals surface area contributed by atoms with Gasteiger partial charge in [-0.25, -0.2) is 4.39 Å². The molecule has 2 rings (SSSR count). The molecule has 2 N–H and O–H groups in total. The molecule has 1 unspecified atom stereocenters. The van der Waals surface area contributed by atoms with E-state index in [-0.39, 0.29) is 5.82 Å². The van der Waals surface area contributed by atoms with Crippen molar-refractivity contribution in [2.75, 3.05) is 13.2 Å². The molecule has 1 fully saturated rings. The molecule has 1 aliphatic rings. The van der Waals surface area contributed by atoms with Crippen LogP contribution in [0.15, 0.2) is 18.2 Å². The smallest absolute Gasteiger partial charge is 0.127 e. The minimum atomic E-state index is -0.299. The van der Waals surface area contributed by atoms with Crippen LogP contribution in [0.3, 0.4) is 0 Å². The van der Waals surface area contributed by atoms with E-state index in [1.54, 1.807) is 6.07 Å². The summed E-state index contributed by atoms with van der Waals surface area (Å²) in [4.78, 5) is 0. The number of ether oxygens (including phenoxy) is 2. The van der Waals surface area contributed by atoms with Gasteiger partial charge in [0.25, 0.3) is 0 Å². The zero-order valence-corrected chi connectivity index (χ0v) is 10.5. The lowest BCUT2D eigenvalue weighted by atomic mass is 10.1. The van der Waals surface area contributed by atoms with Crippen LogP contribution in [0.1, 0.15) is 31.2 Å². The van der Waals surface area contributed by atoms with Crippen molar-refractivity contribution < 1.29 is 13.9 Å². The number of hydrogen-bond acceptors (Lipinski definition) is 3. The van der Waals surface area contributed by atoms with Crippen molar-refractivity contribution in [2.45, 2.75) is 38.3 Å². The first-order valence-electron chi connectivity index (χ1n) is 6.52. The van der Waals surface area contributed by atoms with Crippen molar-refractivity contribution >= 4 is 0 Å². The second-order valence-corrected chi connectivity index (χ2v) is 4.63. The lowest BCUT2D eigenvalue weighted by Crippen LogP contribution is -2.08. The highest BCUT2D eigenvalue weighted by Gasteiger charge is 2.14. The molecular formula is C14H20FNO2. The van der Waals surface area contributed by atoms with Crippen LogP contribution in [-0.2, 0) is 11.3 Å². The molecule has 0 aromatic heterocycles. The summed E-state index contributed by atoms with van der Waals surface area (Å²) in [6.45, 7) is 1.80. The lowest BCUT2D eigenvalue weighted by molar-refractivity contribution is 0.0981. The van der Waals surface area contributed by atoms with Crippen LogP contribution in [0.4, 0.5) is 4.39 Å². The summed E-state index contributed by atoms with van der Waals surface area (Å²) in [5, 5.41) is 0. The Hall–Kier alpha value is -1.13. The van der Waals surface area contributed by atoms with Crippen molar-refractivity contribution in [2.24, 2.45) is 5.73 Å². The SMILES string of the molecule is NCc1cc(F)cc(OCCCC2CCCO2)c1. The number of benzene rings is 1. The van der Waals surface area contributed by atoms with Gasteiger partial charge >= 0.3 is 0 Å². The van der Waals surface area contributed by atoms with Gasteiger partial charge in [0.05, 0.1) is 12.7 Å². The van der Waals surface area contributed by atoms with Crippen molar-refractivity contribution in [1.82, 2.24) is 0 Å². The molecule has 4 heteroatoms. The van der Waals surface area contributed by atoms with E-state index in [0.717, 1.165) is 37.9 Å². The maximum absolute atomic E-state index is 13.2. The van der Waals surface area contributed by atoms with Crippen molar-refractivity contribution in [1.29, 1.82) is 0 Å². The Bertz CT molecular complexity index is 378. The summed E-state index contributed by atoms with van der Waals surface area (Å²) < 4.78 is 24.3. The summed E-state index contributed by atoms with van der Waals surface area (Å²) in [7, 11) is 0. The molecule has 1 atom stereocenters. The predicted molar refractivity (Wildman–Crippen MR) is 68.0 cm³/mol. The quantitative estimate of drug-likeness (QED) is 0.793. The van der Waals surface area contributed by atoms with E-state index in [9.17, 15) is 4.39 Å². The zero-order chi connectivity index (χ0) is 12.8. The van der Waals surface area contributed by atoms with Crippen molar-refractivity contribution in [3.8, 4) is 5.75 Å². The normalized spacial score (nSPS) is 19.1. The highest BCUT2D eigenvalue weighted by Crippen LogP contribution is 2.19. The Labute approximate surface area is 107 Å². The van der Waals surface area contributed by atoms with Crippen molar-refractivity contribution in [3.63, 3.8) is 0 Å². The molecule has 100 valence electrons. The van der Waals surface area contributed by atoms with Gasteiger partial charge in [-0.2, -0.15) is 0 Å². The summed E-state index contributed by atoms with van der Waals surface area (Å²) in [5.41, 5.74) is 6.24. The molecule has 1 heterocycles. The molecule has 0 spiro atoms. The molecule has 1 aliphatic heterocycles. The highest BCUT2D eigenvalue weighted by molar-refractivity contribution is 5.29. The van der Waals surface area contributed by atoms with Crippen LogP contribution < -0.4 is 10.5 Å². The van der Waals surface area contributed by atoms with E-state index in [0.29, 0.717) is 25.0 Å². The average molecular weight is 253 g/mol. The summed E-state index contributed by atoms with van der Waals surface area (Å²) in [6, 6.07) is 4.61. The zero-order valence-electron chi connectivity index (χ0n) is 10.5. The molecule has 0 bridgehead atoms. The number of nitrogens with two attached hydrogens (primary N) is 1. The van der Waals surface area contributed by atoms with Gasteiger partial charge in [-0.05, 0) is 43.4 Å². The summed E-state index contributed by atoms with van der Waals surface area (Å²) in [5.74, 6) is 0.259. The first kappa shape index (κ1) is 13.3. The first-order valence-corrected chi connectivity index (χ1v) is 6.52. The molecule has 18 heavy (non-hydrogen) atoms. The van der Waals surface area contributed by atoms with Gasteiger partial charge in [-0.1, -0.05) is 0 Å². The first-order chi connectivity index (χ1) is 8.78. The second kappa shape index (κ2) is 6.71. The summed E-state index contributed by atoms with van der Waals surface area (Å²) in [6.07, 6.45) is 4.64. The van der Waals surface area contributed by atoms with Crippen LogP contribution in [0.5, 0.6) is 5.75 Å². The molecule has 1 aromatic rings. The third kappa shape index (κ3) is 3.96. The molecule has 0 radical (unpaired) electrons. The monoisotopic (exact) mass is 253 g/mol. The number of hydrogen-bond donors (Lipinski definition) is 1. The van der Waals surface area contributed by atoms with Crippen LogP contribution >= 0.6 is 0 Å². The minimum Gasteiger partial charge on any atom is -0.493 e. The summed E-state index contributed by atoms with van der Waals surface area (Å²) >= 11 is 0. The van der Waals surface area contributed by atoms with Crippen LogP contribution in [-0.4, -0.2) is 19.3 Å². The fourth-order valence-electron chi connectivity index (χ4n) is 2.19. The predicted octanol–water partition coefficient (Wildman–Crippen LogP) is 2.62. The van der Waals surface area contributed by atoms with Gasteiger partial charge in [0, 0.05) is 19.2 Å². The van der Waals surface area contributed by atoms with Gasteiger partial charge in [0.1, 0.15) is 11.6 Å². The van der Waals surface area contributed by atoms with Gasteiger partial charge in [0.15, 0.2) is 0 Å². The minimum absolute atomic E-state index is 0.299. The fraction of sp³-hybridized carbons (Fsp3) is 0.571. The molecule has 0 saturated carbocycles. The second-order valence-electron chi connectivity index (χ2n) is 4.63. The maximum atomic E-state index is 13.2. The van der Waals surface area contributed by atoms with Gasteiger partial charge in [0.2, 0.25) is 0 Å². The standard InChI is InChI=1S/C14H20FNO2/c15-12-7-11(10-16)8-14(9-12)18-6-2-4-13-3-1-5-17-13/h7-9,13H,1-6,10,16H2. The largest absolute Gasteiger partial charge is 0.493 e. The Morgan fingerprint density at radius 1 is 1.39 bits per heavy atom. The number of halogens is 1. The van der Waals surface area contributed by atoms with Crippen LogP contribution in [0.25, 0.3) is 0 Å². The average Bonchev–Trinajstić information content (AvgIpc) is 2.87. The molecule has 1 saturated heterocycles. The van der Waals surface area contributed by atoms with Gasteiger partial charge in [-0.3, -0.25) is 0 Å². The number of rotatable bonds is 6. The lowest BCUT2D eigenvalue weighted by Gasteiger charge is -2.10. The van der Waals surface area contributed by atoms with Gasteiger partial charge in [-0.15, -0.1) is 0 Å². The molecule has 0 amide bonds. The molecule has 0 aliphatic carbocycles. The van der Waals surface area contributed by atoms with E-state index in [4.69, 9.17) is 15.2 Å². The van der Waals surface area contributed by atoms with Crippen molar-refractivity contribution in [3.05, 3.63) is 29.6 Å². The topological polar surface area (TPSA) is 44.5 Å². The van der Waals surface area contributed by atoms with Crippen LogP contribution in [0, 0.1) is 5.82 Å². The van der Waals surface area contributed by atoms with E-state index in [2.05, 4.69) is 0 Å². The Balaban J connectivity index is 1.73. The third-order valence-electron chi connectivity index (χ3n) is 3.13. The Morgan fingerprint density at radius 2 is 2.28 bits per heavy atom. The third-order valence-corrected chi connectivity index (χ3v) is 3.13. The van der Waals surface area contributed by atoms with E-state index in [1.165, 1.54) is 12.1 Å². The molecule has 3 nitrogen and oxygen atoms in total.